The molecule has 3 amide bonds. The number of rotatable bonds is 11. The minimum absolute atomic E-state index is 0.00432. The fourth-order valence-electron chi connectivity index (χ4n) is 4.42. The van der Waals surface area contributed by atoms with E-state index in [-0.39, 0.29) is 17.4 Å². The molecule has 10 nitrogen and oxygen atoms in total. The van der Waals surface area contributed by atoms with Crippen LogP contribution in [0.4, 0.5) is 11.4 Å². The van der Waals surface area contributed by atoms with Gasteiger partial charge >= 0.3 is 0 Å². The number of carbonyl (C=O) groups is 3. The van der Waals surface area contributed by atoms with Crippen LogP contribution in [0.2, 0.25) is 0 Å². The van der Waals surface area contributed by atoms with Gasteiger partial charge in [-0.15, -0.1) is 11.8 Å². The molecular weight excluding hydrogens is 594 g/mol. The predicted octanol–water partition coefficient (Wildman–Crippen LogP) is 5.62. The molecule has 1 aliphatic rings. The van der Waals surface area contributed by atoms with Crippen LogP contribution in [-0.2, 0) is 9.59 Å². The van der Waals surface area contributed by atoms with Gasteiger partial charge in [0.25, 0.3) is 11.8 Å². The zero-order valence-corrected chi connectivity index (χ0v) is 25.4. The largest absolute Gasteiger partial charge is 0.493 e. The molecule has 0 saturated heterocycles. The predicted molar refractivity (Wildman–Crippen MR) is 173 cm³/mol. The molecule has 5 rings (SSSR count). The molecule has 0 atom stereocenters. The van der Waals surface area contributed by atoms with Gasteiger partial charge < -0.3 is 34.9 Å². The second-order valence-electron chi connectivity index (χ2n) is 9.63. The number of para-hydroxylation sites is 1. The molecule has 0 aliphatic carbocycles. The zero-order valence-electron chi connectivity index (χ0n) is 24.6. The summed E-state index contributed by atoms with van der Waals surface area (Å²) >= 11 is 1.35. The lowest BCUT2D eigenvalue weighted by Gasteiger charge is -2.19. The van der Waals surface area contributed by atoms with E-state index in [2.05, 4.69) is 16.0 Å². The number of anilines is 2. The van der Waals surface area contributed by atoms with Crippen molar-refractivity contribution in [3.05, 3.63) is 108 Å². The highest BCUT2D eigenvalue weighted by Gasteiger charge is 2.18. The summed E-state index contributed by atoms with van der Waals surface area (Å²) in [6, 6.07) is 26.2. The number of amides is 3. The molecular formula is C34H31N3O7S. The number of carbonyl (C=O) groups excluding carboxylic acids is 3. The Bertz CT molecular complexity index is 1710. The lowest BCUT2D eigenvalue weighted by Crippen LogP contribution is -2.30. The van der Waals surface area contributed by atoms with Crippen LogP contribution in [0.3, 0.4) is 0 Å². The monoisotopic (exact) mass is 625 g/mol. The number of methoxy groups -OCH3 is 2. The molecule has 4 aromatic carbocycles. The number of hydrogen-bond acceptors (Lipinski definition) is 8. The smallest absolute Gasteiger partial charge is 0.272 e. The van der Waals surface area contributed by atoms with E-state index in [0.717, 1.165) is 4.90 Å². The van der Waals surface area contributed by atoms with E-state index in [4.69, 9.17) is 18.9 Å². The molecule has 1 aliphatic heterocycles. The van der Waals surface area contributed by atoms with Crippen LogP contribution in [0.1, 0.15) is 15.9 Å². The van der Waals surface area contributed by atoms with E-state index in [9.17, 15) is 14.4 Å². The van der Waals surface area contributed by atoms with Crippen molar-refractivity contribution in [3.63, 3.8) is 0 Å². The van der Waals surface area contributed by atoms with Gasteiger partial charge in [0.05, 0.1) is 20.0 Å². The molecule has 45 heavy (non-hydrogen) atoms. The first-order valence-electron chi connectivity index (χ1n) is 14.0. The van der Waals surface area contributed by atoms with Gasteiger partial charge in [0.1, 0.15) is 18.9 Å². The third-order valence-corrected chi connectivity index (χ3v) is 7.58. The van der Waals surface area contributed by atoms with Crippen molar-refractivity contribution in [2.75, 3.05) is 43.8 Å². The van der Waals surface area contributed by atoms with Crippen LogP contribution in [0, 0.1) is 0 Å². The second-order valence-corrected chi connectivity index (χ2v) is 10.7. The normalized spacial score (nSPS) is 12.1. The molecule has 1 heterocycles. The average molecular weight is 626 g/mol. The highest BCUT2D eigenvalue weighted by atomic mass is 32.2. The third-order valence-electron chi connectivity index (χ3n) is 6.57. The summed E-state index contributed by atoms with van der Waals surface area (Å²) < 4.78 is 22.0. The summed E-state index contributed by atoms with van der Waals surface area (Å²) in [6.07, 6.45) is 1.53. The SMILES string of the molecule is COc1cccc(/C=C(\NC(=O)c2ccccc2)C(=O)Nc2ccc(SCC(=O)Nc3ccc4c(c3)OCCO4)cc2)c1OC. The highest BCUT2D eigenvalue weighted by Crippen LogP contribution is 2.33. The number of thioether (sulfide) groups is 1. The Hall–Kier alpha value is -5.42. The molecule has 0 fully saturated rings. The Balaban J connectivity index is 1.24. The van der Waals surface area contributed by atoms with Gasteiger partial charge in [-0.05, 0) is 60.7 Å². The standard InChI is InChI=1S/C34H31N3O7S/c1-41-29-10-6-9-23(32(29)42-2)19-27(37-33(39)22-7-4-3-5-8-22)34(40)36-24-11-14-26(15-12-24)45-21-31(38)35-25-13-16-28-30(20-25)44-18-17-43-28/h3-16,19-20H,17-18,21H2,1-2H3,(H,35,38)(H,36,40)(H,37,39)/b27-19-. The van der Waals surface area contributed by atoms with Crippen molar-refractivity contribution < 1.29 is 33.3 Å². The summed E-state index contributed by atoms with van der Waals surface area (Å²) in [7, 11) is 3.02. The Labute approximate surface area is 264 Å². The zero-order chi connectivity index (χ0) is 31.6. The van der Waals surface area contributed by atoms with Crippen molar-refractivity contribution in [2.45, 2.75) is 4.90 Å². The van der Waals surface area contributed by atoms with Crippen LogP contribution in [0.15, 0.2) is 102 Å². The van der Waals surface area contributed by atoms with Crippen molar-refractivity contribution in [1.29, 1.82) is 0 Å². The second kappa shape index (κ2) is 14.8. The van der Waals surface area contributed by atoms with Gasteiger partial charge in [0.2, 0.25) is 5.91 Å². The van der Waals surface area contributed by atoms with Gasteiger partial charge in [-0.3, -0.25) is 14.4 Å². The first-order chi connectivity index (χ1) is 21.9. The van der Waals surface area contributed by atoms with Gasteiger partial charge in [-0.2, -0.15) is 0 Å². The van der Waals surface area contributed by atoms with Gasteiger partial charge in [0.15, 0.2) is 23.0 Å². The van der Waals surface area contributed by atoms with E-state index < -0.39 is 11.8 Å². The van der Waals surface area contributed by atoms with Crippen LogP contribution in [0.5, 0.6) is 23.0 Å². The summed E-state index contributed by atoms with van der Waals surface area (Å²) in [5.41, 5.74) is 2.06. The first-order valence-corrected chi connectivity index (χ1v) is 14.9. The van der Waals surface area contributed by atoms with Crippen LogP contribution in [0.25, 0.3) is 6.08 Å². The highest BCUT2D eigenvalue weighted by molar-refractivity contribution is 8.00. The molecule has 0 bridgehead atoms. The van der Waals surface area contributed by atoms with Crippen molar-refractivity contribution in [2.24, 2.45) is 0 Å². The van der Waals surface area contributed by atoms with Crippen molar-refractivity contribution in [3.8, 4) is 23.0 Å². The summed E-state index contributed by atoms with van der Waals surface area (Å²) in [5.74, 6) is 1.18. The first kappa shape index (κ1) is 31.0. The maximum absolute atomic E-state index is 13.5. The summed E-state index contributed by atoms with van der Waals surface area (Å²) in [4.78, 5) is 39.8. The maximum atomic E-state index is 13.5. The Morgan fingerprint density at radius 2 is 1.53 bits per heavy atom. The van der Waals surface area contributed by atoms with Crippen molar-refractivity contribution in [1.82, 2.24) is 5.32 Å². The van der Waals surface area contributed by atoms with E-state index in [1.54, 1.807) is 91.0 Å². The Kier molecular flexibility index (Phi) is 10.2. The van der Waals surface area contributed by atoms with Gasteiger partial charge in [-0.1, -0.05) is 30.3 Å². The molecule has 4 aromatic rings. The Morgan fingerprint density at radius 3 is 2.27 bits per heavy atom. The minimum atomic E-state index is -0.539. The van der Waals surface area contributed by atoms with Crippen LogP contribution >= 0.6 is 11.8 Å². The molecule has 0 radical (unpaired) electrons. The number of hydrogen-bond donors (Lipinski definition) is 3. The number of nitrogens with one attached hydrogen (secondary N) is 3. The van der Waals surface area contributed by atoms with Crippen LogP contribution in [-0.4, -0.2) is 50.9 Å². The average Bonchev–Trinajstić information content (AvgIpc) is 3.07. The number of benzene rings is 4. The molecule has 3 N–H and O–H groups in total. The molecule has 11 heteroatoms. The van der Waals surface area contributed by atoms with Gasteiger partial charge in [-0.25, -0.2) is 0 Å². The fourth-order valence-corrected chi connectivity index (χ4v) is 5.12. The number of fused-ring (bicyclic) bond motifs is 1. The van der Waals surface area contributed by atoms with E-state index >= 15 is 0 Å². The maximum Gasteiger partial charge on any atom is 0.272 e. The molecule has 0 spiro atoms. The number of ether oxygens (including phenoxy) is 4. The molecule has 230 valence electrons. The lowest BCUT2D eigenvalue weighted by molar-refractivity contribution is -0.114. The quantitative estimate of drug-likeness (QED) is 0.145. The minimum Gasteiger partial charge on any atom is -0.493 e. The van der Waals surface area contributed by atoms with Crippen LogP contribution < -0.4 is 34.9 Å². The van der Waals surface area contributed by atoms with Crippen molar-refractivity contribution >= 4 is 46.9 Å². The molecule has 0 saturated carbocycles. The summed E-state index contributed by atoms with van der Waals surface area (Å²) in [5, 5.41) is 8.42. The molecule has 0 unspecified atom stereocenters. The Morgan fingerprint density at radius 1 is 0.800 bits per heavy atom. The van der Waals surface area contributed by atoms with Gasteiger partial charge in [0, 0.05) is 33.5 Å². The fraction of sp³-hybridized carbons (Fsp3) is 0.147. The molecule has 0 aromatic heterocycles. The lowest BCUT2D eigenvalue weighted by atomic mass is 10.1. The van der Waals surface area contributed by atoms with E-state index in [1.165, 1.54) is 32.1 Å². The van der Waals surface area contributed by atoms with E-state index in [0.29, 0.717) is 58.7 Å². The summed E-state index contributed by atoms with van der Waals surface area (Å²) in [6.45, 7) is 0.965. The third kappa shape index (κ3) is 8.15. The topological polar surface area (TPSA) is 124 Å². The van der Waals surface area contributed by atoms with E-state index in [1.807, 2.05) is 0 Å².